The van der Waals surface area contributed by atoms with Crippen molar-refractivity contribution in [3.8, 4) is 22.5 Å². The molecule has 0 atom stereocenters. The molecule has 8 rings (SSSR count). The normalized spacial score (nSPS) is 11.4. The summed E-state index contributed by atoms with van der Waals surface area (Å²) < 4.78 is 3.95. The molecule has 8 aromatic rings. The fourth-order valence-electron chi connectivity index (χ4n) is 6.74. The zero-order valence-electron chi connectivity index (χ0n) is 25.9. The van der Waals surface area contributed by atoms with Crippen molar-refractivity contribution in [1.29, 1.82) is 0 Å². The first-order chi connectivity index (χ1) is 24.1. The third-order valence-corrected chi connectivity index (χ3v) is 9.10. The van der Waals surface area contributed by atoms with Gasteiger partial charge < -0.3 is 29.6 Å². The van der Waals surface area contributed by atoms with E-state index in [-0.39, 0.29) is 22.3 Å². The number of nitrogens with zero attached hydrogens (tertiary/aromatic N) is 2. The maximum absolute atomic E-state index is 11.7. The second-order valence-electron chi connectivity index (χ2n) is 11.9. The van der Waals surface area contributed by atoms with Gasteiger partial charge in [-0.2, -0.15) is 0 Å². The molecule has 2 heterocycles. The average molecular weight is 661 g/mol. The number of benzene rings is 6. The van der Waals surface area contributed by atoms with Crippen LogP contribution in [0.4, 0.5) is 0 Å². The molecule has 10 nitrogen and oxygen atoms in total. The highest BCUT2D eigenvalue weighted by atomic mass is 16.4. The topological polar surface area (TPSA) is 159 Å². The average Bonchev–Trinajstić information content (AvgIpc) is 3.63. The molecule has 242 valence electrons. The molecule has 6 aromatic carbocycles. The first kappa shape index (κ1) is 30.2. The Morgan fingerprint density at radius 1 is 0.340 bits per heavy atom. The number of fused-ring (bicyclic) bond motifs is 6. The van der Waals surface area contributed by atoms with E-state index in [0.29, 0.717) is 21.5 Å². The minimum Gasteiger partial charge on any atom is -0.478 e. The Morgan fingerprint density at radius 2 is 0.580 bits per heavy atom. The molecule has 50 heavy (non-hydrogen) atoms. The standard InChI is InChI=1S/C40H24N2O8/c43-37(44)23-5-13-33-29(17-23)30-18-24(38(45)46)6-14-34(30)41(33)27-9-1-21(2-10-27)22-3-11-28(12-4-22)42-35-15-7-25(39(47)48)19-31(35)32-20-26(40(49)50)8-16-36(32)42/h1-20H,(H,43,44)(H,45,46)(H,47,48)(H,49,50). The van der Waals surface area contributed by atoms with E-state index >= 15 is 0 Å². The predicted molar refractivity (Wildman–Crippen MR) is 188 cm³/mol. The number of hydrogen-bond acceptors (Lipinski definition) is 4. The molecular formula is C40H24N2O8. The van der Waals surface area contributed by atoms with Crippen molar-refractivity contribution >= 4 is 67.5 Å². The molecule has 4 N–H and O–H groups in total. The van der Waals surface area contributed by atoms with Crippen molar-refractivity contribution in [3.63, 3.8) is 0 Å². The number of carboxylic acids is 4. The van der Waals surface area contributed by atoms with Crippen molar-refractivity contribution < 1.29 is 39.6 Å². The minimum atomic E-state index is -1.07. The number of hydrogen-bond donors (Lipinski definition) is 4. The molecule has 0 aliphatic heterocycles. The van der Waals surface area contributed by atoms with Gasteiger partial charge in [-0.05, 0) is 108 Å². The van der Waals surface area contributed by atoms with Gasteiger partial charge in [0, 0.05) is 32.9 Å². The lowest BCUT2D eigenvalue weighted by molar-refractivity contribution is 0.0686. The largest absolute Gasteiger partial charge is 0.478 e. The molecule has 0 saturated heterocycles. The van der Waals surface area contributed by atoms with E-state index in [1.807, 2.05) is 57.7 Å². The van der Waals surface area contributed by atoms with Crippen LogP contribution in [0.2, 0.25) is 0 Å². The minimum absolute atomic E-state index is 0.104. The van der Waals surface area contributed by atoms with E-state index in [1.165, 1.54) is 24.3 Å². The van der Waals surface area contributed by atoms with E-state index < -0.39 is 23.9 Å². The van der Waals surface area contributed by atoms with Crippen LogP contribution in [0.25, 0.3) is 66.1 Å². The number of carboxylic acid groups (broad SMARTS) is 4. The fraction of sp³-hybridized carbons (Fsp3) is 0. The smallest absolute Gasteiger partial charge is 0.335 e. The van der Waals surface area contributed by atoms with Crippen molar-refractivity contribution in [3.05, 3.63) is 144 Å². The van der Waals surface area contributed by atoms with Crippen LogP contribution in [-0.4, -0.2) is 53.4 Å². The van der Waals surface area contributed by atoms with Crippen LogP contribution in [0.15, 0.2) is 121 Å². The van der Waals surface area contributed by atoms with Crippen LogP contribution >= 0.6 is 0 Å². The Kier molecular flexibility index (Phi) is 6.76. The second kappa shape index (κ2) is 11.2. The molecule has 0 fully saturated rings. The fourth-order valence-corrected chi connectivity index (χ4v) is 6.74. The van der Waals surface area contributed by atoms with E-state index in [9.17, 15) is 39.6 Å². The molecule has 2 aromatic heterocycles. The third kappa shape index (κ3) is 4.74. The summed E-state index contributed by atoms with van der Waals surface area (Å²) in [6.07, 6.45) is 0. The van der Waals surface area contributed by atoms with E-state index in [1.54, 1.807) is 48.5 Å². The zero-order chi connectivity index (χ0) is 34.8. The highest BCUT2D eigenvalue weighted by molar-refractivity contribution is 6.14. The number of aromatic carboxylic acids is 4. The Morgan fingerprint density at radius 3 is 0.800 bits per heavy atom. The van der Waals surface area contributed by atoms with Gasteiger partial charge in [0.05, 0.1) is 44.3 Å². The van der Waals surface area contributed by atoms with Crippen molar-refractivity contribution in [2.45, 2.75) is 0 Å². The van der Waals surface area contributed by atoms with Gasteiger partial charge in [-0.3, -0.25) is 0 Å². The molecular weight excluding hydrogens is 636 g/mol. The third-order valence-electron chi connectivity index (χ3n) is 9.10. The second-order valence-corrected chi connectivity index (χ2v) is 11.9. The van der Waals surface area contributed by atoms with Crippen LogP contribution in [0.1, 0.15) is 41.4 Å². The summed E-state index contributed by atoms with van der Waals surface area (Å²) >= 11 is 0. The summed E-state index contributed by atoms with van der Waals surface area (Å²) in [4.78, 5) is 46.9. The van der Waals surface area contributed by atoms with Crippen LogP contribution in [-0.2, 0) is 0 Å². The zero-order valence-corrected chi connectivity index (χ0v) is 25.9. The Bertz CT molecular complexity index is 2420. The predicted octanol–water partition coefficient (Wildman–Crippen LogP) is 8.34. The van der Waals surface area contributed by atoms with E-state index in [0.717, 1.165) is 44.6 Å². The molecule has 0 aliphatic rings. The first-order valence-corrected chi connectivity index (χ1v) is 15.4. The summed E-state index contributed by atoms with van der Waals surface area (Å²) in [6.45, 7) is 0. The molecule has 0 bridgehead atoms. The summed E-state index contributed by atoms with van der Waals surface area (Å²) in [7, 11) is 0. The molecule has 0 radical (unpaired) electrons. The number of aromatic nitrogens is 2. The van der Waals surface area contributed by atoms with Crippen molar-refractivity contribution in [1.82, 2.24) is 9.13 Å². The quantitative estimate of drug-likeness (QED) is 0.133. The lowest BCUT2D eigenvalue weighted by atomic mass is 10.0. The maximum Gasteiger partial charge on any atom is 0.335 e. The first-order valence-electron chi connectivity index (χ1n) is 15.4. The Balaban J connectivity index is 1.19. The maximum atomic E-state index is 11.7. The summed E-state index contributed by atoms with van der Waals surface area (Å²) in [5.41, 5.74) is 6.85. The van der Waals surface area contributed by atoms with Gasteiger partial charge in [-0.1, -0.05) is 24.3 Å². The molecule has 0 saturated carbocycles. The van der Waals surface area contributed by atoms with Gasteiger partial charge in [0.25, 0.3) is 0 Å². The monoisotopic (exact) mass is 660 g/mol. The summed E-state index contributed by atoms with van der Waals surface area (Å²) in [5, 5.41) is 40.9. The Labute approximate surface area is 281 Å². The summed E-state index contributed by atoms with van der Waals surface area (Å²) in [5.74, 6) is -4.29. The SMILES string of the molecule is O=C(O)c1ccc2c(c1)c1cc(C(=O)O)ccc1n2-c1ccc(-c2ccc(-n3c4ccc(C(=O)O)cc4c4cc(C(=O)O)ccc43)cc2)cc1. The van der Waals surface area contributed by atoms with Crippen LogP contribution in [0.5, 0.6) is 0 Å². The highest BCUT2D eigenvalue weighted by Crippen LogP contribution is 2.36. The lowest BCUT2D eigenvalue weighted by Crippen LogP contribution is -1.98. The van der Waals surface area contributed by atoms with E-state index in [4.69, 9.17) is 0 Å². The lowest BCUT2D eigenvalue weighted by Gasteiger charge is -2.11. The van der Waals surface area contributed by atoms with Crippen LogP contribution in [0, 0.1) is 0 Å². The van der Waals surface area contributed by atoms with E-state index in [2.05, 4.69) is 0 Å². The molecule has 0 spiro atoms. The Hall–Kier alpha value is -7.20. The van der Waals surface area contributed by atoms with Gasteiger partial charge in [0.15, 0.2) is 0 Å². The highest BCUT2D eigenvalue weighted by Gasteiger charge is 2.19. The van der Waals surface area contributed by atoms with Crippen molar-refractivity contribution in [2.75, 3.05) is 0 Å². The molecule has 10 heteroatoms. The number of rotatable bonds is 7. The summed E-state index contributed by atoms with van der Waals surface area (Å²) in [6, 6.07) is 35.0. The van der Waals surface area contributed by atoms with Crippen LogP contribution < -0.4 is 0 Å². The van der Waals surface area contributed by atoms with Gasteiger partial charge in [0.2, 0.25) is 0 Å². The van der Waals surface area contributed by atoms with Gasteiger partial charge in [0.1, 0.15) is 0 Å². The molecule has 0 amide bonds. The molecule has 0 unspecified atom stereocenters. The van der Waals surface area contributed by atoms with Gasteiger partial charge in [-0.15, -0.1) is 0 Å². The van der Waals surface area contributed by atoms with Crippen molar-refractivity contribution in [2.24, 2.45) is 0 Å². The van der Waals surface area contributed by atoms with Crippen LogP contribution in [0.3, 0.4) is 0 Å². The van der Waals surface area contributed by atoms with Gasteiger partial charge >= 0.3 is 23.9 Å². The van der Waals surface area contributed by atoms with Gasteiger partial charge in [-0.25, -0.2) is 19.2 Å². The molecule has 0 aliphatic carbocycles. The number of carbonyl (C=O) groups is 4.